The molecule has 0 saturated heterocycles. The van der Waals surface area contributed by atoms with Crippen LogP contribution in [0.25, 0.3) is 0 Å². The fourth-order valence-corrected chi connectivity index (χ4v) is 2.47. The number of benzene rings is 1. The van der Waals surface area contributed by atoms with Crippen LogP contribution in [0.5, 0.6) is 11.5 Å². The van der Waals surface area contributed by atoms with Crippen molar-refractivity contribution in [2.45, 2.75) is 6.42 Å². The van der Waals surface area contributed by atoms with Crippen LogP contribution >= 0.6 is 0 Å². The number of nitrogens with zero attached hydrogens (tertiary/aromatic N) is 3. The van der Waals surface area contributed by atoms with Crippen LogP contribution in [0.4, 0.5) is 17.3 Å². The molecule has 21 heavy (non-hydrogen) atoms. The summed E-state index contributed by atoms with van der Waals surface area (Å²) in [4.78, 5) is 10.7. The van der Waals surface area contributed by atoms with Crippen LogP contribution in [-0.4, -0.2) is 37.3 Å². The lowest BCUT2D eigenvalue weighted by Crippen LogP contribution is -2.20. The Balaban J connectivity index is 2.12. The maximum absolute atomic E-state index is 5.79. The smallest absolute Gasteiger partial charge is 0.204 e. The lowest BCUT2D eigenvalue weighted by Gasteiger charge is -2.24. The van der Waals surface area contributed by atoms with Crippen LogP contribution in [-0.2, 0) is 0 Å². The summed E-state index contributed by atoms with van der Waals surface area (Å²) in [6.45, 7) is 1.51. The van der Waals surface area contributed by atoms with E-state index in [-0.39, 0.29) is 0 Å². The van der Waals surface area contributed by atoms with Gasteiger partial charge in [-0.3, -0.25) is 0 Å². The van der Waals surface area contributed by atoms with Crippen molar-refractivity contribution < 1.29 is 9.47 Å². The largest absolute Gasteiger partial charge is 0.491 e. The van der Waals surface area contributed by atoms with Crippen molar-refractivity contribution in [2.24, 2.45) is 0 Å². The van der Waals surface area contributed by atoms with Gasteiger partial charge in [-0.15, -0.1) is 0 Å². The van der Waals surface area contributed by atoms with Gasteiger partial charge in [0.15, 0.2) is 11.6 Å². The number of fused-ring (bicyclic) bond motifs is 1. The summed E-state index contributed by atoms with van der Waals surface area (Å²) in [5.74, 6) is 2.92. The quantitative estimate of drug-likeness (QED) is 0.935. The summed E-state index contributed by atoms with van der Waals surface area (Å²) < 4.78 is 11.3. The Morgan fingerprint density at radius 1 is 1.29 bits per heavy atom. The Labute approximate surface area is 123 Å². The van der Waals surface area contributed by atoms with Crippen molar-refractivity contribution in [3.8, 4) is 11.5 Å². The van der Waals surface area contributed by atoms with E-state index in [9.17, 15) is 0 Å². The molecule has 110 valence electrons. The van der Waals surface area contributed by atoms with E-state index >= 15 is 0 Å². The van der Waals surface area contributed by atoms with Gasteiger partial charge in [0.25, 0.3) is 0 Å². The van der Waals surface area contributed by atoms with Gasteiger partial charge in [0.2, 0.25) is 5.75 Å². The van der Waals surface area contributed by atoms with E-state index in [2.05, 4.69) is 20.2 Å². The fraction of sp³-hybridized carbons (Fsp3) is 0.333. The number of rotatable bonds is 3. The van der Waals surface area contributed by atoms with E-state index < -0.39 is 0 Å². The molecule has 0 fully saturated rings. The minimum Gasteiger partial charge on any atom is -0.491 e. The molecule has 2 aromatic rings. The van der Waals surface area contributed by atoms with E-state index in [1.165, 1.54) is 6.33 Å². The molecule has 3 rings (SSSR count). The van der Waals surface area contributed by atoms with Gasteiger partial charge in [-0.1, -0.05) is 12.1 Å². The highest BCUT2D eigenvalue weighted by Gasteiger charge is 2.23. The van der Waals surface area contributed by atoms with Gasteiger partial charge < -0.3 is 19.7 Å². The molecule has 1 aromatic carbocycles. The van der Waals surface area contributed by atoms with Crippen molar-refractivity contribution in [3.63, 3.8) is 0 Å². The molecule has 1 N–H and O–H groups in total. The van der Waals surface area contributed by atoms with E-state index in [1.54, 1.807) is 7.11 Å². The number of hydrogen-bond acceptors (Lipinski definition) is 6. The molecule has 1 aliphatic rings. The summed E-state index contributed by atoms with van der Waals surface area (Å²) in [5.41, 5.74) is 0.994. The van der Waals surface area contributed by atoms with Crippen molar-refractivity contribution in [1.29, 1.82) is 0 Å². The highest BCUT2D eigenvalue weighted by atomic mass is 16.5. The zero-order valence-electron chi connectivity index (χ0n) is 12.2. The zero-order valence-corrected chi connectivity index (χ0v) is 12.2. The molecule has 1 aromatic heterocycles. The molecular formula is C15H18N4O2. The molecule has 0 aliphatic carbocycles. The van der Waals surface area contributed by atoms with Gasteiger partial charge >= 0.3 is 0 Å². The minimum atomic E-state index is 0.636. The van der Waals surface area contributed by atoms with Crippen molar-refractivity contribution in [1.82, 2.24) is 9.97 Å². The predicted octanol–water partition coefficient (Wildman–Crippen LogP) is 2.45. The average molecular weight is 286 g/mol. The van der Waals surface area contributed by atoms with Crippen LogP contribution in [0, 0.1) is 0 Å². The van der Waals surface area contributed by atoms with Gasteiger partial charge in [-0.25, -0.2) is 9.97 Å². The molecular weight excluding hydrogens is 268 g/mol. The molecule has 0 radical (unpaired) electrons. The first-order valence-corrected chi connectivity index (χ1v) is 6.91. The molecule has 2 heterocycles. The van der Waals surface area contributed by atoms with E-state index in [0.29, 0.717) is 18.2 Å². The van der Waals surface area contributed by atoms with Gasteiger partial charge in [-0.2, -0.15) is 0 Å². The summed E-state index contributed by atoms with van der Waals surface area (Å²) in [7, 11) is 3.44. The lowest BCUT2D eigenvalue weighted by atomic mass is 10.2. The number of anilines is 3. The normalized spacial score (nSPS) is 13.9. The second-order valence-corrected chi connectivity index (χ2v) is 4.65. The Hall–Kier alpha value is -2.50. The Morgan fingerprint density at radius 3 is 2.95 bits per heavy atom. The summed E-state index contributed by atoms with van der Waals surface area (Å²) in [6.07, 6.45) is 2.45. The van der Waals surface area contributed by atoms with Crippen molar-refractivity contribution in [2.75, 3.05) is 37.5 Å². The van der Waals surface area contributed by atoms with Crippen LogP contribution in [0.1, 0.15) is 6.42 Å². The monoisotopic (exact) mass is 286 g/mol. The fourth-order valence-electron chi connectivity index (χ4n) is 2.47. The first-order chi connectivity index (χ1) is 10.3. The second-order valence-electron chi connectivity index (χ2n) is 4.65. The molecule has 0 atom stereocenters. The van der Waals surface area contributed by atoms with Crippen LogP contribution in [0.3, 0.4) is 0 Å². The number of hydrogen-bond donors (Lipinski definition) is 1. The van der Waals surface area contributed by atoms with Crippen molar-refractivity contribution >= 4 is 17.3 Å². The summed E-state index contributed by atoms with van der Waals surface area (Å²) in [5, 5.41) is 3.03. The molecule has 1 aliphatic heterocycles. The first kappa shape index (κ1) is 13.5. The second kappa shape index (κ2) is 5.87. The maximum atomic E-state index is 5.79. The van der Waals surface area contributed by atoms with E-state index in [0.717, 1.165) is 30.2 Å². The minimum absolute atomic E-state index is 0.636. The molecule has 0 spiro atoms. The number of aromatic nitrogens is 2. The predicted molar refractivity (Wildman–Crippen MR) is 81.7 cm³/mol. The number of para-hydroxylation sites is 2. The van der Waals surface area contributed by atoms with Crippen molar-refractivity contribution in [3.05, 3.63) is 30.6 Å². The Morgan fingerprint density at radius 2 is 2.14 bits per heavy atom. The Bertz CT molecular complexity index is 633. The number of ether oxygens (including phenoxy) is 2. The summed E-state index contributed by atoms with van der Waals surface area (Å²) >= 11 is 0. The SMILES string of the molecule is CNc1ncnc(N2CCCOc3ccccc32)c1OC. The topological polar surface area (TPSA) is 59.5 Å². The van der Waals surface area contributed by atoms with Gasteiger partial charge in [-0.05, 0) is 18.6 Å². The Kier molecular flexibility index (Phi) is 3.77. The van der Waals surface area contributed by atoms with Gasteiger partial charge in [0.05, 0.1) is 19.4 Å². The standard InChI is InChI=1S/C15H18N4O2/c1-16-14-13(20-2)15(18-10-17-14)19-8-5-9-21-12-7-4-3-6-11(12)19/h3-4,6-7,10H,5,8-9H2,1-2H3,(H,16,17,18). The molecule has 6 heteroatoms. The first-order valence-electron chi connectivity index (χ1n) is 6.91. The van der Waals surface area contributed by atoms with Gasteiger partial charge in [0, 0.05) is 13.6 Å². The molecule has 0 unspecified atom stereocenters. The zero-order chi connectivity index (χ0) is 14.7. The van der Waals surface area contributed by atoms with Crippen LogP contribution < -0.4 is 19.7 Å². The number of methoxy groups -OCH3 is 1. The maximum Gasteiger partial charge on any atom is 0.204 e. The average Bonchev–Trinajstić information content (AvgIpc) is 2.76. The third-order valence-electron chi connectivity index (χ3n) is 3.42. The van der Waals surface area contributed by atoms with Gasteiger partial charge in [0.1, 0.15) is 12.1 Å². The summed E-state index contributed by atoms with van der Waals surface area (Å²) in [6, 6.07) is 7.97. The lowest BCUT2D eigenvalue weighted by molar-refractivity contribution is 0.322. The molecule has 0 saturated carbocycles. The molecule has 6 nitrogen and oxygen atoms in total. The molecule has 0 amide bonds. The van der Waals surface area contributed by atoms with Crippen LogP contribution in [0.15, 0.2) is 30.6 Å². The van der Waals surface area contributed by atoms with Crippen LogP contribution in [0.2, 0.25) is 0 Å². The van der Waals surface area contributed by atoms with E-state index in [4.69, 9.17) is 9.47 Å². The molecule has 0 bridgehead atoms. The third kappa shape index (κ3) is 2.44. The highest BCUT2D eigenvalue weighted by Crippen LogP contribution is 2.40. The highest BCUT2D eigenvalue weighted by molar-refractivity contribution is 5.74. The third-order valence-corrected chi connectivity index (χ3v) is 3.42. The number of nitrogens with one attached hydrogen (secondary N) is 1. The van der Waals surface area contributed by atoms with E-state index in [1.807, 2.05) is 31.3 Å².